The second-order valence-electron chi connectivity index (χ2n) is 3.67. The molecule has 20 heavy (non-hydrogen) atoms. The fourth-order valence-corrected chi connectivity index (χ4v) is 1.34. The van der Waals surface area contributed by atoms with Crippen molar-refractivity contribution in [2.75, 3.05) is 0 Å². The van der Waals surface area contributed by atoms with Crippen LogP contribution < -0.4 is 0 Å². The Bertz CT molecular complexity index is 690. The molecule has 1 aromatic carbocycles. The summed E-state index contributed by atoms with van der Waals surface area (Å²) in [6.07, 6.45) is 2.46. The number of aromatic hydroxyl groups is 2. The molecule has 2 aromatic rings. The topological polar surface area (TPSA) is 121 Å². The number of furan rings is 1. The lowest BCUT2D eigenvalue weighted by Gasteiger charge is -1.97. The summed E-state index contributed by atoms with van der Waals surface area (Å²) in [6.45, 7) is 0. The highest BCUT2D eigenvalue weighted by atomic mass is 16.6. The molecule has 2 N–H and O–H groups in total. The zero-order chi connectivity index (χ0) is 14.5. The van der Waals surface area contributed by atoms with Gasteiger partial charge in [0.05, 0.1) is 18.5 Å². The molecule has 0 radical (unpaired) electrons. The molecule has 0 amide bonds. The molecule has 0 saturated carbocycles. The highest BCUT2D eigenvalue weighted by Gasteiger charge is 2.09. The zero-order valence-electron chi connectivity index (χ0n) is 10.0. The second-order valence-corrected chi connectivity index (χ2v) is 3.67. The molecule has 0 atom stereocenters. The van der Waals surface area contributed by atoms with E-state index in [9.17, 15) is 15.2 Å². The lowest BCUT2D eigenvalue weighted by molar-refractivity contribution is -0.402. The number of benzene rings is 1. The van der Waals surface area contributed by atoms with Crippen LogP contribution in [0.5, 0.6) is 11.5 Å². The molecule has 0 fully saturated rings. The minimum atomic E-state index is -0.658. The van der Waals surface area contributed by atoms with Gasteiger partial charge in [-0.25, -0.2) is 0 Å². The van der Waals surface area contributed by atoms with Gasteiger partial charge in [-0.05, 0) is 18.2 Å². The van der Waals surface area contributed by atoms with Gasteiger partial charge in [0.15, 0.2) is 5.76 Å². The summed E-state index contributed by atoms with van der Waals surface area (Å²) in [7, 11) is 0. The highest BCUT2D eigenvalue weighted by Crippen LogP contribution is 2.20. The monoisotopic (exact) mass is 275 g/mol. The Labute approximate surface area is 112 Å². The number of nitro groups is 1. The summed E-state index contributed by atoms with van der Waals surface area (Å²) >= 11 is 0. The number of nitrogens with zero attached hydrogens (tertiary/aromatic N) is 3. The van der Waals surface area contributed by atoms with Crippen molar-refractivity contribution in [3.05, 3.63) is 51.8 Å². The number of rotatable bonds is 4. The molecule has 2 rings (SSSR count). The van der Waals surface area contributed by atoms with Gasteiger partial charge in [-0.15, -0.1) is 0 Å². The molecule has 0 aliphatic heterocycles. The third-order valence-electron chi connectivity index (χ3n) is 2.26. The highest BCUT2D eigenvalue weighted by molar-refractivity contribution is 5.84. The summed E-state index contributed by atoms with van der Waals surface area (Å²) in [5.74, 6) is -0.404. The van der Waals surface area contributed by atoms with Crippen LogP contribution in [0.1, 0.15) is 11.3 Å². The molecule has 1 heterocycles. The summed E-state index contributed by atoms with van der Waals surface area (Å²) < 4.78 is 4.83. The Morgan fingerprint density at radius 1 is 1.15 bits per heavy atom. The summed E-state index contributed by atoms with van der Waals surface area (Å²) in [5, 5.41) is 36.2. The summed E-state index contributed by atoms with van der Waals surface area (Å²) in [6, 6.07) is 6.61. The first-order valence-electron chi connectivity index (χ1n) is 5.39. The molecule has 102 valence electrons. The lowest BCUT2D eigenvalue weighted by atomic mass is 10.2. The Hall–Kier alpha value is -3.16. The van der Waals surface area contributed by atoms with Crippen LogP contribution >= 0.6 is 0 Å². The van der Waals surface area contributed by atoms with Gasteiger partial charge in [0.1, 0.15) is 16.4 Å². The van der Waals surface area contributed by atoms with Crippen LogP contribution in [0.4, 0.5) is 5.88 Å². The Balaban J connectivity index is 2.05. The molecule has 0 aliphatic carbocycles. The summed E-state index contributed by atoms with van der Waals surface area (Å²) in [5.41, 5.74) is 0.366. The van der Waals surface area contributed by atoms with E-state index in [0.29, 0.717) is 5.56 Å². The van der Waals surface area contributed by atoms with Crippen molar-refractivity contribution in [3.8, 4) is 11.5 Å². The van der Waals surface area contributed by atoms with Gasteiger partial charge in [-0.3, -0.25) is 10.1 Å². The van der Waals surface area contributed by atoms with E-state index in [0.717, 1.165) is 0 Å². The standard InChI is InChI=1S/C12H9N3O5/c16-9-2-1-8(11(17)5-9)6-13-14-7-10-3-4-12(20-10)15(18)19/h1-7,16-17H. The van der Waals surface area contributed by atoms with Gasteiger partial charge in [-0.2, -0.15) is 10.2 Å². The van der Waals surface area contributed by atoms with Gasteiger partial charge >= 0.3 is 5.88 Å². The predicted octanol–water partition coefficient (Wildman–Crippen LogP) is 2.05. The molecule has 0 saturated heterocycles. The van der Waals surface area contributed by atoms with E-state index < -0.39 is 4.92 Å². The lowest BCUT2D eigenvalue weighted by Crippen LogP contribution is -1.83. The Morgan fingerprint density at radius 3 is 2.55 bits per heavy atom. The third kappa shape index (κ3) is 3.19. The van der Waals surface area contributed by atoms with E-state index in [4.69, 9.17) is 9.52 Å². The third-order valence-corrected chi connectivity index (χ3v) is 2.26. The predicted molar refractivity (Wildman–Crippen MR) is 70.3 cm³/mol. The fourth-order valence-electron chi connectivity index (χ4n) is 1.34. The van der Waals surface area contributed by atoms with Crippen molar-refractivity contribution in [2.45, 2.75) is 0 Å². The van der Waals surface area contributed by atoms with Gasteiger partial charge in [0.25, 0.3) is 0 Å². The number of hydrogen-bond acceptors (Lipinski definition) is 7. The van der Waals surface area contributed by atoms with E-state index in [1.807, 2.05) is 0 Å². The van der Waals surface area contributed by atoms with Gasteiger partial charge in [-0.1, -0.05) is 0 Å². The van der Waals surface area contributed by atoms with Crippen LogP contribution in [-0.4, -0.2) is 27.6 Å². The van der Waals surface area contributed by atoms with Crippen molar-refractivity contribution in [1.82, 2.24) is 0 Å². The molecule has 0 spiro atoms. The first-order chi connectivity index (χ1) is 9.56. The quantitative estimate of drug-likeness (QED) is 0.502. The largest absolute Gasteiger partial charge is 0.508 e. The Kier molecular flexibility index (Phi) is 3.75. The molecule has 1 aromatic heterocycles. The van der Waals surface area contributed by atoms with Crippen molar-refractivity contribution < 1.29 is 19.6 Å². The van der Waals surface area contributed by atoms with Crippen molar-refractivity contribution in [1.29, 1.82) is 0 Å². The molecule has 0 unspecified atom stereocenters. The average molecular weight is 275 g/mol. The minimum absolute atomic E-state index is 0.0638. The first-order valence-corrected chi connectivity index (χ1v) is 5.39. The van der Waals surface area contributed by atoms with Crippen LogP contribution in [0, 0.1) is 10.1 Å². The van der Waals surface area contributed by atoms with E-state index in [1.54, 1.807) is 0 Å². The van der Waals surface area contributed by atoms with E-state index in [1.165, 1.54) is 42.8 Å². The number of hydrogen-bond donors (Lipinski definition) is 2. The minimum Gasteiger partial charge on any atom is -0.508 e. The van der Waals surface area contributed by atoms with Gasteiger partial charge in [0.2, 0.25) is 0 Å². The van der Waals surface area contributed by atoms with Gasteiger partial charge < -0.3 is 14.6 Å². The first kappa shape index (κ1) is 13.3. The SMILES string of the molecule is O=[N+]([O-])c1ccc(C=NN=Cc2ccc(O)cc2O)o1. The normalized spacial score (nSPS) is 11.4. The Morgan fingerprint density at radius 2 is 1.90 bits per heavy atom. The van der Waals surface area contributed by atoms with Crippen LogP contribution in [0.25, 0.3) is 0 Å². The fraction of sp³-hybridized carbons (Fsp3) is 0. The molecule has 8 heteroatoms. The van der Waals surface area contributed by atoms with Crippen molar-refractivity contribution >= 4 is 18.3 Å². The average Bonchev–Trinajstić information content (AvgIpc) is 2.85. The molecule has 0 bridgehead atoms. The number of phenols is 2. The van der Waals surface area contributed by atoms with Crippen molar-refractivity contribution in [3.63, 3.8) is 0 Å². The molecular formula is C12H9N3O5. The van der Waals surface area contributed by atoms with Crippen LogP contribution in [0.2, 0.25) is 0 Å². The smallest absolute Gasteiger partial charge is 0.433 e. The molecular weight excluding hydrogens is 266 g/mol. The second kappa shape index (κ2) is 5.65. The maximum Gasteiger partial charge on any atom is 0.433 e. The maximum absolute atomic E-state index is 10.4. The molecule has 0 aliphatic rings. The maximum atomic E-state index is 10.4. The van der Waals surface area contributed by atoms with Crippen LogP contribution in [-0.2, 0) is 0 Å². The van der Waals surface area contributed by atoms with Crippen LogP contribution in [0.15, 0.2) is 45.0 Å². The van der Waals surface area contributed by atoms with Crippen molar-refractivity contribution in [2.24, 2.45) is 10.2 Å². The van der Waals surface area contributed by atoms with E-state index >= 15 is 0 Å². The molecule has 8 nitrogen and oxygen atoms in total. The van der Waals surface area contributed by atoms with Gasteiger partial charge in [0, 0.05) is 11.6 Å². The van der Waals surface area contributed by atoms with E-state index in [-0.39, 0.29) is 23.1 Å². The summed E-state index contributed by atoms with van der Waals surface area (Å²) in [4.78, 5) is 9.73. The number of phenolic OH excluding ortho intramolecular Hbond substituents is 2. The van der Waals surface area contributed by atoms with Crippen LogP contribution in [0.3, 0.4) is 0 Å². The van der Waals surface area contributed by atoms with E-state index in [2.05, 4.69) is 10.2 Å². The zero-order valence-corrected chi connectivity index (χ0v) is 10.0.